The van der Waals surface area contributed by atoms with Gasteiger partial charge in [-0.1, -0.05) is 50.2 Å². The van der Waals surface area contributed by atoms with Gasteiger partial charge in [0.05, 0.1) is 6.04 Å². The molecule has 1 atom stereocenters. The summed E-state index contributed by atoms with van der Waals surface area (Å²) in [6.45, 7) is 5.15. The van der Waals surface area contributed by atoms with E-state index in [0.29, 0.717) is 5.92 Å². The number of nitrogens with zero attached hydrogens (tertiary/aromatic N) is 1. The van der Waals surface area contributed by atoms with Gasteiger partial charge in [0.25, 0.3) is 5.91 Å². The van der Waals surface area contributed by atoms with E-state index in [1.165, 1.54) is 22.2 Å². The van der Waals surface area contributed by atoms with Crippen LogP contribution in [0.1, 0.15) is 41.5 Å². The highest BCUT2D eigenvalue weighted by atomic mass is 16.2. The molecule has 4 rings (SSSR count). The lowest BCUT2D eigenvalue weighted by Gasteiger charge is -2.38. The van der Waals surface area contributed by atoms with Crippen LogP contribution in [0, 0.1) is 5.92 Å². The van der Waals surface area contributed by atoms with Gasteiger partial charge in [-0.15, -0.1) is 0 Å². The molecule has 0 spiro atoms. The first-order valence-electron chi connectivity index (χ1n) is 8.62. The molecule has 0 saturated heterocycles. The Kier molecular flexibility index (Phi) is 3.64. The lowest BCUT2D eigenvalue weighted by atomic mass is 9.90. The van der Waals surface area contributed by atoms with Crippen LogP contribution in [-0.4, -0.2) is 22.3 Å². The Hall–Kier alpha value is -2.55. The van der Waals surface area contributed by atoms with Gasteiger partial charge in [0.15, 0.2) is 0 Å². The zero-order valence-corrected chi connectivity index (χ0v) is 14.1. The quantitative estimate of drug-likeness (QED) is 0.738. The summed E-state index contributed by atoms with van der Waals surface area (Å²) in [5.41, 5.74) is 4.52. The smallest absolute Gasteiger partial charge is 0.254 e. The number of hydrogen-bond acceptors (Lipinski definition) is 1. The number of aromatic amines is 1. The predicted octanol–water partition coefficient (Wildman–Crippen LogP) is 4.56. The van der Waals surface area contributed by atoms with Crippen LogP contribution >= 0.6 is 0 Å². The van der Waals surface area contributed by atoms with Crippen LogP contribution in [0.4, 0.5) is 0 Å². The van der Waals surface area contributed by atoms with Crippen molar-refractivity contribution in [2.24, 2.45) is 5.92 Å². The van der Waals surface area contributed by atoms with Crippen molar-refractivity contribution in [2.45, 2.75) is 26.3 Å². The average molecular weight is 318 g/mol. The first-order valence-corrected chi connectivity index (χ1v) is 8.62. The van der Waals surface area contributed by atoms with E-state index in [4.69, 9.17) is 0 Å². The number of carbonyl (C=O) groups excluding carboxylic acids is 1. The zero-order valence-electron chi connectivity index (χ0n) is 14.1. The fourth-order valence-electron chi connectivity index (χ4n) is 3.94. The molecule has 122 valence electrons. The third kappa shape index (κ3) is 2.32. The molecule has 2 aromatic carbocycles. The topological polar surface area (TPSA) is 36.1 Å². The van der Waals surface area contributed by atoms with Crippen LogP contribution in [0.5, 0.6) is 0 Å². The highest BCUT2D eigenvalue weighted by molar-refractivity contribution is 5.95. The standard InChI is InChI=1S/C21H22N2O/c1-14(2)20-19-17(16-10-6-7-11-18(16)22-19)12-13-23(20)21(24)15-8-4-3-5-9-15/h3-11,14,20,22H,12-13H2,1-2H3/t20-/m0/s1. The van der Waals surface area contributed by atoms with Gasteiger partial charge in [-0.25, -0.2) is 0 Å². The minimum Gasteiger partial charge on any atom is -0.356 e. The van der Waals surface area contributed by atoms with E-state index in [9.17, 15) is 4.79 Å². The van der Waals surface area contributed by atoms with Crippen molar-refractivity contribution in [3.05, 3.63) is 71.4 Å². The Bertz CT molecular complexity index is 879. The predicted molar refractivity (Wildman–Crippen MR) is 97.1 cm³/mol. The molecule has 3 heteroatoms. The summed E-state index contributed by atoms with van der Waals surface area (Å²) in [5, 5.41) is 1.30. The SMILES string of the molecule is CC(C)[C@H]1c2[nH]c3ccccc3c2CCN1C(=O)c1ccccc1. The van der Waals surface area contributed by atoms with E-state index < -0.39 is 0 Å². The van der Waals surface area contributed by atoms with Crippen molar-refractivity contribution < 1.29 is 4.79 Å². The lowest BCUT2D eigenvalue weighted by molar-refractivity contribution is 0.0598. The Morgan fingerprint density at radius 1 is 1.08 bits per heavy atom. The van der Waals surface area contributed by atoms with Crippen LogP contribution < -0.4 is 0 Å². The molecule has 0 unspecified atom stereocenters. The summed E-state index contributed by atoms with van der Waals surface area (Å²) in [5.74, 6) is 0.475. The van der Waals surface area contributed by atoms with Crippen molar-refractivity contribution in [3.8, 4) is 0 Å². The lowest BCUT2D eigenvalue weighted by Crippen LogP contribution is -2.42. The van der Waals surface area contributed by atoms with Crippen LogP contribution in [0.15, 0.2) is 54.6 Å². The minimum atomic E-state index is 0.0915. The molecular weight excluding hydrogens is 296 g/mol. The molecule has 0 radical (unpaired) electrons. The third-order valence-corrected chi connectivity index (χ3v) is 4.99. The maximum absolute atomic E-state index is 13.1. The van der Waals surface area contributed by atoms with E-state index in [2.05, 4.69) is 43.1 Å². The summed E-state index contributed by atoms with van der Waals surface area (Å²) < 4.78 is 0. The first-order chi connectivity index (χ1) is 11.7. The second-order valence-electron chi connectivity index (χ2n) is 6.87. The number of hydrogen-bond donors (Lipinski definition) is 1. The summed E-state index contributed by atoms with van der Waals surface area (Å²) >= 11 is 0. The van der Waals surface area contributed by atoms with Gasteiger partial charge in [-0.2, -0.15) is 0 Å². The molecule has 0 fully saturated rings. The molecule has 1 aromatic heterocycles. The molecule has 1 amide bonds. The molecule has 0 bridgehead atoms. The van der Waals surface area contributed by atoms with Crippen molar-refractivity contribution >= 4 is 16.8 Å². The van der Waals surface area contributed by atoms with E-state index in [0.717, 1.165) is 18.5 Å². The fourth-order valence-corrected chi connectivity index (χ4v) is 3.94. The summed E-state index contributed by atoms with van der Waals surface area (Å²) in [6.07, 6.45) is 0.904. The van der Waals surface area contributed by atoms with Gasteiger partial charge in [-0.05, 0) is 36.1 Å². The molecule has 1 aliphatic rings. The van der Waals surface area contributed by atoms with Crippen molar-refractivity contribution in [1.82, 2.24) is 9.88 Å². The molecule has 3 nitrogen and oxygen atoms in total. The second kappa shape index (κ2) is 5.82. The molecular formula is C21H22N2O. The maximum Gasteiger partial charge on any atom is 0.254 e. The first kappa shape index (κ1) is 15.0. The van der Waals surface area contributed by atoms with Gasteiger partial charge >= 0.3 is 0 Å². The molecule has 1 N–H and O–H groups in total. The molecule has 2 heterocycles. The Labute approximate surface area is 142 Å². The Morgan fingerprint density at radius 2 is 1.79 bits per heavy atom. The summed E-state index contributed by atoms with van der Waals surface area (Å²) in [7, 11) is 0. The van der Waals surface area contributed by atoms with Crippen molar-refractivity contribution in [2.75, 3.05) is 6.54 Å². The number of para-hydroxylation sites is 1. The van der Waals surface area contributed by atoms with Gasteiger partial charge in [0, 0.05) is 28.7 Å². The van der Waals surface area contributed by atoms with E-state index in [-0.39, 0.29) is 11.9 Å². The third-order valence-electron chi connectivity index (χ3n) is 4.99. The Morgan fingerprint density at radius 3 is 2.54 bits per heavy atom. The van der Waals surface area contributed by atoms with Crippen LogP contribution in [-0.2, 0) is 6.42 Å². The summed E-state index contributed by atoms with van der Waals surface area (Å²) in [6, 6.07) is 18.1. The van der Waals surface area contributed by atoms with Crippen molar-refractivity contribution in [3.63, 3.8) is 0 Å². The molecule has 3 aromatic rings. The number of rotatable bonds is 2. The van der Waals surface area contributed by atoms with Crippen molar-refractivity contribution in [1.29, 1.82) is 0 Å². The van der Waals surface area contributed by atoms with Gasteiger partial charge in [-0.3, -0.25) is 4.79 Å². The Balaban J connectivity index is 1.79. The van der Waals surface area contributed by atoms with E-state index >= 15 is 0 Å². The fraction of sp³-hybridized carbons (Fsp3) is 0.286. The minimum absolute atomic E-state index is 0.0915. The number of nitrogens with one attached hydrogen (secondary N) is 1. The highest BCUT2D eigenvalue weighted by Crippen LogP contribution is 2.38. The highest BCUT2D eigenvalue weighted by Gasteiger charge is 2.35. The monoisotopic (exact) mass is 318 g/mol. The number of carbonyl (C=O) groups is 1. The molecule has 0 aliphatic carbocycles. The summed E-state index contributed by atoms with van der Waals surface area (Å²) in [4.78, 5) is 18.7. The number of aromatic nitrogens is 1. The largest absolute Gasteiger partial charge is 0.356 e. The number of amides is 1. The number of benzene rings is 2. The van der Waals surface area contributed by atoms with Crippen LogP contribution in [0.3, 0.4) is 0 Å². The van der Waals surface area contributed by atoms with Gasteiger partial charge in [0.1, 0.15) is 0 Å². The van der Waals surface area contributed by atoms with Gasteiger partial charge in [0.2, 0.25) is 0 Å². The average Bonchev–Trinajstić information content (AvgIpc) is 2.99. The zero-order chi connectivity index (χ0) is 16.7. The molecule has 24 heavy (non-hydrogen) atoms. The van der Waals surface area contributed by atoms with Crippen LogP contribution in [0.2, 0.25) is 0 Å². The normalized spacial score (nSPS) is 17.3. The number of H-pyrrole nitrogens is 1. The second-order valence-corrected chi connectivity index (χ2v) is 6.87. The maximum atomic E-state index is 13.1. The molecule has 0 saturated carbocycles. The van der Waals surface area contributed by atoms with Crippen LogP contribution in [0.25, 0.3) is 10.9 Å². The van der Waals surface area contributed by atoms with E-state index in [1.54, 1.807) is 0 Å². The van der Waals surface area contributed by atoms with E-state index in [1.807, 2.05) is 35.2 Å². The number of fused-ring (bicyclic) bond motifs is 3. The molecule has 1 aliphatic heterocycles. The van der Waals surface area contributed by atoms with Gasteiger partial charge < -0.3 is 9.88 Å².